The van der Waals surface area contributed by atoms with Crippen LogP contribution >= 0.6 is 0 Å². The minimum atomic E-state index is -0.0135. The highest BCUT2D eigenvalue weighted by Gasteiger charge is 2.04. The Balaban J connectivity index is 2.34. The number of rotatable bonds is 2. The lowest BCUT2D eigenvalue weighted by Crippen LogP contribution is -2.03. The first-order valence-electron chi connectivity index (χ1n) is 4.34. The fourth-order valence-corrected chi connectivity index (χ4v) is 1.11. The van der Waals surface area contributed by atoms with Gasteiger partial charge in [-0.2, -0.15) is 5.10 Å². The van der Waals surface area contributed by atoms with Gasteiger partial charge in [-0.25, -0.2) is 9.67 Å². The van der Waals surface area contributed by atoms with Gasteiger partial charge in [-0.15, -0.1) is 0 Å². The second kappa shape index (κ2) is 3.55. The molecule has 5 nitrogen and oxygen atoms in total. The molecule has 0 amide bonds. The lowest BCUT2D eigenvalue weighted by atomic mass is 10.2. The van der Waals surface area contributed by atoms with Crippen LogP contribution in [0.1, 0.15) is 18.5 Å². The molecular weight excluding hydrogens is 178 g/mol. The van der Waals surface area contributed by atoms with Crippen molar-refractivity contribution < 1.29 is 0 Å². The van der Waals surface area contributed by atoms with E-state index in [1.165, 1.54) is 0 Å². The third-order valence-corrected chi connectivity index (χ3v) is 1.91. The fourth-order valence-electron chi connectivity index (χ4n) is 1.11. The van der Waals surface area contributed by atoms with Crippen molar-refractivity contribution in [3.8, 4) is 5.82 Å². The summed E-state index contributed by atoms with van der Waals surface area (Å²) in [6.45, 7) is 1.91. The predicted octanol–water partition coefficient (Wildman–Crippen LogP) is 0.682. The molecule has 0 saturated heterocycles. The molecule has 0 bridgehead atoms. The van der Waals surface area contributed by atoms with Crippen molar-refractivity contribution in [3.05, 3.63) is 36.5 Å². The van der Waals surface area contributed by atoms with Gasteiger partial charge in [0, 0.05) is 30.2 Å². The van der Waals surface area contributed by atoms with Crippen molar-refractivity contribution >= 4 is 0 Å². The molecule has 0 aromatic carbocycles. The van der Waals surface area contributed by atoms with Crippen LogP contribution in [0.15, 0.2) is 31.0 Å². The molecule has 0 aliphatic rings. The minimum Gasteiger partial charge on any atom is -0.324 e. The van der Waals surface area contributed by atoms with Crippen LogP contribution in [0.2, 0.25) is 0 Å². The lowest BCUT2D eigenvalue weighted by molar-refractivity contribution is 0.811. The maximum Gasteiger partial charge on any atom is 0.171 e. The summed E-state index contributed by atoms with van der Waals surface area (Å²) in [6, 6.07) is -0.0135. The first-order chi connectivity index (χ1) is 6.77. The molecule has 0 radical (unpaired) electrons. The standard InChI is InChI=1S/C9H11N5/c1-7(10)8-4-13-14(6-8)9-5-11-2-3-12-9/h2-7H,10H2,1H3. The zero-order valence-corrected chi connectivity index (χ0v) is 7.83. The molecule has 0 aliphatic heterocycles. The van der Waals surface area contributed by atoms with Crippen molar-refractivity contribution in [1.29, 1.82) is 0 Å². The van der Waals surface area contributed by atoms with Gasteiger partial charge in [0.25, 0.3) is 0 Å². The molecule has 0 spiro atoms. The smallest absolute Gasteiger partial charge is 0.171 e. The van der Waals surface area contributed by atoms with E-state index in [-0.39, 0.29) is 6.04 Å². The highest BCUT2D eigenvalue weighted by molar-refractivity contribution is 5.19. The molecule has 2 aromatic heterocycles. The lowest BCUT2D eigenvalue weighted by Gasteiger charge is -1.99. The summed E-state index contributed by atoms with van der Waals surface area (Å²) in [6.07, 6.45) is 8.49. The van der Waals surface area contributed by atoms with E-state index in [1.807, 2.05) is 13.1 Å². The molecule has 0 saturated carbocycles. The molecule has 2 N–H and O–H groups in total. The quantitative estimate of drug-likeness (QED) is 0.754. The second-order valence-electron chi connectivity index (χ2n) is 3.07. The molecule has 1 atom stereocenters. The van der Waals surface area contributed by atoms with Crippen molar-refractivity contribution in [2.45, 2.75) is 13.0 Å². The summed E-state index contributed by atoms with van der Waals surface area (Å²) >= 11 is 0. The fraction of sp³-hybridized carbons (Fsp3) is 0.222. The number of aromatic nitrogens is 4. The van der Waals surface area contributed by atoms with Crippen LogP contribution in [0.3, 0.4) is 0 Å². The van der Waals surface area contributed by atoms with Crippen molar-refractivity contribution in [1.82, 2.24) is 19.7 Å². The van der Waals surface area contributed by atoms with E-state index in [9.17, 15) is 0 Å². The van der Waals surface area contributed by atoms with Crippen LogP contribution < -0.4 is 5.73 Å². The molecule has 2 heterocycles. The summed E-state index contributed by atoms with van der Waals surface area (Å²) < 4.78 is 1.66. The van der Waals surface area contributed by atoms with E-state index in [1.54, 1.807) is 29.5 Å². The predicted molar refractivity (Wildman–Crippen MR) is 51.8 cm³/mol. The Morgan fingerprint density at radius 1 is 1.36 bits per heavy atom. The Kier molecular flexibility index (Phi) is 2.24. The molecule has 2 aromatic rings. The van der Waals surface area contributed by atoms with E-state index in [0.717, 1.165) is 5.56 Å². The average Bonchev–Trinajstić information content (AvgIpc) is 2.68. The summed E-state index contributed by atoms with van der Waals surface area (Å²) in [5.41, 5.74) is 6.70. The number of hydrogen-bond acceptors (Lipinski definition) is 4. The van der Waals surface area contributed by atoms with Crippen LogP contribution in [0.25, 0.3) is 5.82 Å². The number of hydrogen-bond donors (Lipinski definition) is 1. The molecule has 14 heavy (non-hydrogen) atoms. The highest BCUT2D eigenvalue weighted by atomic mass is 15.3. The van der Waals surface area contributed by atoms with Gasteiger partial charge in [0.15, 0.2) is 5.82 Å². The second-order valence-corrected chi connectivity index (χ2v) is 3.07. The van der Waals surface area contributed by atoms with Gasteiger partial charge < -0.3 is 5.73 Å². The van der Waals surface area contributed by atoms with E-state index < -0.39 is 0 Å². The van der Waals surface area contributed by atoms with Gasteiger partial charge in [0.1, 0.15) is 0 Å². The van der Waals surface area contributed by atoms with Crippen molar-refractivity contribution in [3.63, 3.8) is 0 Å². The maximum atomic E-state index is 5.72. The SMILES string of the molecule is CC(N)c1cnn(-c2cnccn2)c1. The van der Waals surface area contributed by atoms with Crippen molar-refractivity contribution in [2.75, 3.05) is 0 Å². The van der Waals surface area contributed by atoms with Crippen molar-refractivity contribution in [2.24, 2.45) is 5.73 Å². The first kappa shape index (κ1) is 8.83. The normalized spacial score (nSPS) is 12.7. The van der Waals surface area contributed by atoms with Crippen LogP contribution in [0.5, 0.6) is 0 Å². The van der Waals surface area contributed by atoms with Crippen LogP contribution in [0, 0.1) is 0 Å². The van der Waals surface area contributed by atoms with Gasteiger partial charge in [-0.1, -0.05) is 0 Å². The third-order valence-electron chi connectivity index (χ3n) is 1.91. The zero-order chi connectivity index (χ0) is 9.97. The molecule has 2 rings (SSSR count). The van der Waals surface area contributed by atoms with E-state index in [4.69, 9.17) is 5.73 Å². The van der Waals surface area contributed by atoms with Gasteiger partial charge in [-0.05, 0) is 6.92 Å². The van der Waals surface area contributed by atoms with Gasteiger partial charge in [0.2, 0.25) is 0 Å². The maximum absolute atomic E-state index is 5.72. The summed E-state index contributed by atoms with van der Waals surface area (Å²) in [4.78, 5) is 8.08. The van der Waals surface area contributed by atoms with Crippen LogP contribution in [-0.4, -0.2) is 19.7 Å². The van der Waals surface area contributed by atoms with E-state index in [0.29, 0.717) is 5.82 Å². The molecule has 0 fully saturated rings. The molecule has 72 valence electrons. The topological polar surface area (TPSA) is 69.6 Å². The van der Waals surface area contributed by atoms with Gasteiger partial charge in [-0.3, -0.25) is 4.98 Å². The largest absolute Gasteiger partial charge is 0.324 e. The average molecular weight is 189 g/mol. The summed E-state index contributed by atoms with van der Waals surface area (Å²) in [7, 11) is 0. The summed E-state index contributed by atoms with van der Waals surface area (Å²) in [5.74, 6) is 0.694. The van der Waals surface area contributed by atoms with Crippen LogP contribution in [0.4, 0.5) is 0 Å². The Morgan fingerprint density at radius 3 is 2.79 bits per heavy atom. The molecule has 0 aliphatic carbocycles. The minimum absolute atomic E-state index is 0.0135. The third kappa shape index (κ3) is 1.62. The Hall–Kier alpha value is -1.75. The van der Waals surface area contributed by atoms with E-state index >= 15 is 0 Å². The Labute approximate surface area is 81.6 Å². The summed E-state index contributed by atoms with van der Waals surface area (Å²) in [5, 5.41) is 4.14. The molecule has 1 unspecified atom stereocenters. The zero-order valence-electron chi connectivity index (χ0n) is 7.83. The number of nitrogens with zero attached hydrogens (tertiary/aromatic N) is 4. The highest BCUT2D eigenvalue weighted by Crippen LogP contribution is 2.09. The molecule has 5 heteroatoms. The van der Waals surface area contributed by atoms with Crippen LogP contribution in [-0.2, 0) is 0 Å². The van der Waals surface area contributed by atoms with Gasteiger partial charge in [0.05, 0.1) is 12.4 Å². The van der Waals surface area contributed by atoms with Gasteiger partial charge >= 0.3 is 0 Å². The van der Waals surface area contributed by atoms with E-state index in [2.05, 4.69) is 15.1 Å². The first-order valence-corrected chi connectivity index (χ1v) is 4.34. The number of nitrogens with two attached hydrogens (primary N) is 1. The Morgan fingerprint density at radius 2 is 2.21 bits per heavy atom. The monoisotopic (exact) mass is 189 g/mol. The Bertz CT molecular complexity index is 406. The molecular formula is C9H11N5.